The van der Waals surface area contributed by atoms with Crippen LogP contribution >= 0.6 is 0 Å². The largest absolute Gasteiger partial charge is 0.358 e. The number of nitrogens with zero attached hydrogens (tertiary/aromatic N) is 3. The van der Waals surface area contributed by atoms with Gasteiger partial charge in [0.1, 0.15) is 0 Å². The molecule has 1 saturated carbocycles. The first-order valence-corrected chi connectivity index (χ1v) is 9.75. The van der Waals surface area contributed by atoms with Gasteiger partial charge in [-0.05, 0) is 68.8 Å². The van der Waals surface area contributed by atoms with Gasteiger partial charge in [0.15, 0.2) is 0 Å². The summed E-state index contributed by atoms with van der Waals surface area (Å²) in [6, 6.07) is 0.335. The summed E-state index contributed by atoms with van der Waals surface area (Å²) in [5.74, 6) is 0.0591. The molecule has 1 amide bonds. The number of nitrogens with one attached hydrogen (secondary N) is 1. The molecule has 0 unspecified atom stereocenters. The van der Waals surface area contributed by atoms with E-state index in [4.69, 9.17) is 0 Å². The van der Waals surface area contributed by atoms with Crippen LogP contribution < -0.4 is 0 Å². The number of carbonyl (C=O) groups excluding carboxylic acids is 1. The predicted octanol–water partition coefficient (Wildman–Crippen LogP) is 3.11. The molecule has 0 atom stereocenters. The number of hydrazone groups is 1. The molecule has 2 heterocycles. The second kappa shape index (κ2) is 6.79. The minimum absolute atomic E-state index is 0.0591. The molecule has 0 radical (unpaired) electrons. The molecule has 1 aromatic heterocycles. The molecule has 134 valence electrons. The Morgan fingerprint density at radius 1 is 1.28 bits per heavy atom. The molecule has 1 aliphatic heterocycles. The minimum atomic E-state index is 0.0591. The van der Waals surface area contributed by atoms with Crippen LogP contribution in [0.3, 0.4) is 0 Å². The fourth-order valence-electron chi connectivity index (χ4n) is 3.95. The highest BCUT2D eigenvalue weighted by Gasteiger charge is 2.36. The van der Waals surface area contributed by atoms with Crippen molar-refractivity contribution in [3.63, 3.8) is 0 Å². The van der Waals surface area contributed by atoms with Crippen molar-refractivity contribution in [1.29, 1.82) is 0 Å². The van der Waals surface area contributed by atoms with Crippen LogP contribution in [0.1, 0.15) is 62.0 Å². The molecule has 4 rings (SSSR count). The number of hydrogen-bond donors (Lipinski definition) is 1. The molecule has 3 aliphatic rings. The maximum atomic E-state index is 12.6. The number of aromatic amines is 1. The highest BCUT2D eigenvalue weighted by Crippen LogP contribution is 2.32. The number of amides is 1. The quantitative estimate of drug-likeness (QED) is 0.809. The second-order valence-electron chi connectivity index (χ2n) is 7.37. The van der Waals surface area contributed by atoms with Crippen molar-refractivity contribution in [3.05, 3.63) is 28.1 Å². The Bertz CT molecular complexity index is 722. The van der Waals surface area contributed by atoms with Gasteiger partial charge >= 0.3 is 0 Å². The minimum Gasteiger partial charge on any atom is -0.358 e. The molecular formula is C20H28N4O. The zero-order chi connectivity index (χ0) is 17.4. The van der Waals surface area contributed by atoms with Crippen LogP contribution in [0.15, 0.2) is 10.7 Å². The van der Waals surface area contributed by atoms with E-state index in [1.165, 1.54) is 29.7 Å². The van der Waals surface area contributed by atoms with Crippen LogP contribution in [0.5, 0.6) is 0 Å². The van der Waals surface area contributed by atoms with E-state index >= 15 is 0 Å². The van der Waals surface area contributed by atoms with Gasteiger partial charge in [-0.15, -0.1) is 0 Å². The number of aryl methyl sites for hydroxylation is 1. The molecule has 2 aliphatic carbocycles. The first-order valence-electron chi connectivity index (χ1n) is 9.75. The number of aromatic nitrogens is 1. The molecule has 0 saturated heterocycles. The van der Waals surface area contributed by atoms with E-state index in [9.17, 15) is 4.79 Å². The van der Waals surface area contributed by atoms with Crippen molar-refractivity contribution in [2.24, 2.45) is 5.10 Å². The number of fused-ring (bicyclic) bond motifs is 1. The fourth-order valence-corrected chi connectivity index (χ4v) is 3.95. The summed E-state index contributed by atoms with van der Waals surface area (Å²) in [5.41, 5.74) is 6.09. The van der Waals surface area contributed by atoms with E-state index in [1.54, 1.807) is 11.2 Å². The smallest absolute Gasteiger partial charge is 0.275 e. The number of rotatable bonds is 6. The van der Waals surface area contributed by atoms with Gasteiger partial charge in [-0.25, -0.2) is 5.01 Å². The topological polar surface area (TPSA) is 51.7 Å². The Labute approximate surface area is 149 Å². The summed E-state index contributed by atoms with van der Waals surface area (Å²) in [7, 11) is 0. The maximum absolute atomic E-state index is 12.6. The molecule has 0 bridgehead atoms. The van der Waals surface area contributed by atoms with Crippen LogP contribution in [0, 0.1) is 0 Å². The normalized spacial score (nSPS) is 21.6. The van der Waals surface area contributed by atoms with E-state index < -0.39 is 0 Å². The van der Waals surface area contributed by atoms with Crippen molar-refractivity contribution in [2.75, 3.05) is 13.1 Å². The van der Waals surface area contributed by atoms with Gasteiger partial charge in [-0.2, -0.15) is 5.10 Å². The highest BCUT2D eigenvalue weighted by molar-refractivity contribution is 6.18. The van der Waals surface area contributed by atoms with E-state index in [1.807, 2.05) is 6.08 Å². The third kappa shape index (κ3) is 3.17. The Hall–Kier alpha value is -1.88. The predicted molar refractivity (Wildman–Crippen MR) is 100 cm³/mol. The molecule has 1 fully saturated rings. The molecule has 5 nitrogen and oxygen atoms in total. The van der Waals surface area contributed by atoms with Gasteiger partial charge in [0.25, 0.3) is 5.91 Å². The summed E-state index contributed by atoms with van der Waals surface area (Å²) < 4.78 is 0. The lowest BCUT2D eigenvalue weighted by atomic mass is 9.94. The SMILES string of the molecule is CCN(CC)Cc1c(/C=C2\C=NN(C3CC3)C2=O)[nH]c2c1CCCC2. The van der Waals surface area contributed by atoms with Crippen molar-refractivity contribution >= 4 is 18.2 Å². The monoisotopic (exact) mass is 340 g/mol. The number of carbonyl (C=O) groups is 1. The molecule has 5 heteroatoms. The Morgan fingerprint density at radius 3 is 2.76 bits per heavy atom. The molecular weight excluding hydrogens is 312 g/mol. The highest BCUT2D eigenvalue weighted by atomic mass is 16.2. The first-order chi connectivity index (χ1) is 12.2. The fraction of sp³-hybridized carbons (Fsp3) is 0.600. The Kier molecular flexibility index (Phi) is 4.50. The molecule has 1 N–H and O–H groups in total. The number of hydrogen-bond acceptors (Lipinski definition) is 3. The standard InChI is InChI=1S/C20H28N4O/c1-3-23(4-2)13-17-16-7-5-6-8-18(16)22-19(17)11-14-12-21-24(20(14)25)15-9-10-15/h11-12,15,22H,3-10,13H2,1-2H3/b14-11+. The Balaban J connectivity index is 1.66. The van der Waals surface area contributed by atoms with Gasteiger partial charge in [0.05, 0.1) is 17.8 Å². The first kappa shape index (κ1) is 16.6. The van der Waals surface area contributed by atoms with Gasteiger partial charge in [-0.1, -0.05) is 13.8 Å². The zero-order valence-electron chi connectivity index (χ0n) is 15.3. The average molecular weight is 340 g/mol. The molecule has 0 spiro atoms. The van der Waals surface area contributed by atoms with E-state index in [-0.39, 0.29) is 5.91 Å². The van der Waals surface area contributed by atoms with Crippen molar-refractivity contribution in [3.8, 4) is 0 Å². The molecule has 25 heavy (non-hydrogen) atoms. The Morgan fingerprint density at radius 2 is 2.04 bits per heavy atom. The summed E-state index contributed by atoms with van der Waals surface area (Å²) in [5, 5.41) is 5.99. The van der Waals surface area contributed by atoms with Crippen LogP contribution in [-0.4, -0.2) is 46.1 Å². The lowest BCUT2D eigenvalue weighted by Crippen LogP contribution is -2.24. The van der Waals surface area contributed by atoms with E-state index in [0.29, 0.717) is 11.6 Å². The van der Waals surface area contributed by atoms with Gasteiger partial charge in [0, 0.05) is 17.9 Å². The van der Waals surface area contributed by atoms with Crippen LogP contribution in [0.2, 0.25) is 0 Å². The summed E-state index contributed by atoms with van der Waals surface area (Å²) in [6.07, 6.45) is 10.7. The second-order valence-corrected chi connectivity index (χ2v) is 7.37. The van der Waals surface area contributed by atoms with Gasteiger partial charge < -0.3 is 4.98 Å². The van der Waals surface area contributed by atoms with Crippen molar-refractivity contribution in [2.45, 2.75) is 65.0 Å². The summed E-state index contributed by atoms with van der Waals surface area (Å²) in [4.78, 5) is 18.7. The van der Waals surface area contributed by atoms with Crippen LogP contribution in [0.25, 0.3) is 6.08 Å². The van der Waals surface area contributed by atoms with Crippen LogP contribution in [-0.2, 0) is 24.2 Å². The van der Waals surface area contributed by atoms with Gasteiger partial charge in [0.2, 0.25) is 0 Å². The van der Waals surface area contributed by atoms with E-state index in [0.717, 1.165) is 51.0 Å². The third-order valence-electron chi connectivity index (χ3n) is 5.69. The summed E-state index contributed by atoms with van der Waals surface area (Å²) >= 11 is 0. The lowest BCUT2D eigenvalue weighted by Gasteiger charge is -2.20. The van der Waals surface area contributed by atoms with Gasteiger partial charge in [-0.3, -0.25) is 9.69 Å². The van der Waals surface area contributed by atoms with Crippen molar-refractivity contribution in [1.82, 2.24) is 14.9 Å². The van der Waals surface area contributed by atoms with Crippen LogP contribution in [0.4, 0.5) is 0 Å². The molecule has 1 aromatic rings. The molecule has 0 aromatic carbocycles. The van der Waals surface area contributed by atoms with Crippen molar-refractivity contribution < 1.29 is 4.79 Å². The van der Waals surface area contributed by atoms with E-state index in [2.05, 4.69) is 28.8 Å². The third-order valence-corrected chi connectivity index (χ3v) is 5.69. The number of H-pyrrole nitrogens is 1. The maximum Gasteiger partial charge on any atom is 0.275 e. The lowest BCUT2D eigenvalue weighted by molar-refractivity contribution is -0.126. The average Bonchev–Trinajstić information content (AvgIpc) is 3.33. The summed E-state index contributed by atoms with van der Waals surface area (Å²) in [6.45, 7) is 7.46. The zero-order valence-corrected chi connectivity index (χ0v) is 15.3.